The van der Waals surface area contributed by atoms with Gasteiger partial charge in [0.1, 0.15) is 0 Å². The van der Waals surface area contributed by atoms with Crippen LogP contribution in [0.4, 0.5) is 0 Å². The lowest BCUT2D eigenvalue weighted by molar-refractivity contribution is -0.131. The molecular weight excluding hydrogens is 480 g/mol. The number of sulfonamides is 1. The lowest BCUT2D eigenvalue weighted by atomic mass is 9.69. The van der Waals surface area contributed by atoms with Crippen LogP contribution in [-0.2, 0) is 27.9 Å². The predicted molar refractivity (Wildman–Crippen MR) is 148 cm³/mol. The second-order valence-electron chi connectivity index (χ2n) is 12.7. The van der Waals surface area contributed by atoms with Crippen LogP contribution in [0.2, 0.25) is 0 Å². The number of carbonyl (C=O) groups is 1. The van der Waals surface area contributed by atoms with Gasteiger partial charge in [-0.2, -0.15) is 0 Å². The van der Waals surface area contributed by atoms with Crippen molar-refractivity contribution in [2.45, 2.75) is 78.3 Å². The summed E-state index contributed by atoms with van der Waals surface area (Å²) in [5, 5.41) is -0.638. The molecule has 2 atom stereocenters. The van der Waals surface area contributed by atoms with Crippen molar-refractivity contribution in [3.05, 3.63) is 71.8 Å². The van der Waals surface area contributed by atoms with Crippen LogP contribution in [0.25, 0.3) is 0 Å². The zero-order valence-electron chi connectivity index (χ0n) is 22.8. The molecule has 2 saturated carbocycles. The molecule has 2 aliphatic carbocycles. The first-order valence-corrected chi connectivity index (χ1v) is 15.4. The predicted octanol–water partition coefficient (Wildman–Crippen LogP) is 6.07. The van der Waals surface area contributed by atoms with Gasteiger partial charge in [-0.05, 0) is 60.5 Å². The Balaban J connectivity index is 1.40. The summed E-state index contributed by atoms with van der Waals surface area (Å²) < 4.78 is 28.2. The molecule has 1 heterocycles. The molecule has 0 spiro atoms. The van der Waals surface area contributed by atoms with Gasteiger partial charge in [0.25, 0.3) is 10.0 Å². The van der Waals surface area contributed by atoms with Gasteiger partial charge >= 0.3 is 0 Å². The third-order valence-electron chi connectivity index (χ3n) is 9.68. The molecule has 1 amide bonds. The average Bonchev–Trinajstić information content (AvgIpc) is 3.25. The molecule has 6 heteroatoms. The van der Waals surface area contributed by atoms with Crippen molar-refractivity contribution in [3.8, 4) is 0 Å². The molecule has 0 N–H and O–H groups in total. The van der Waals surface area contributed by atoms with Crippen molar-refractivity contribution in [3.63, 3.8) is 0 Å². The fraction of sp³-hybridized carbons (Fsp3) is 0.581. The zero-order valence-corrected chi connectivity index (χ0v) is 23.6. The first kappa shape index (κ1) is 26.4. The molecule has 37 heavy (non-hydrogen) atoms. The maximum Gasteiger partial charge on any atom is 0.261 e. The highest BCUT2D eigenvalue weighted by Gasteiger charge is 2.76. The van der Waals surface area contributed by atoms with Gasteiger partial charge in [-0.15, -0.1) is 0 Å². The van der Waals surface area contributed by atoms with Crippen LogP contribution in [0.15, 0.2) is 60.7 Å². The number of carbonyl (C=O) groups excluding carboxylic acids is 1. The summed E-state index contributed by atoms with van der Waals surface area (Å²) in [5.41, 5.74) is 2.05. The van der Waals surface area contributed by atoms with Gasteiger partial charge < -0.3 is 0 Å². The van der Waals surface area contributed by atoms with Gasteiger partial charge in [-0.25, -0.2) is 12.7 Å². The summed E-state index contributed by atoms with van der Waals surface area (Å²) in [7, 11) is -3.56. The minimum absolute atomic E-state index is 0.0417. The van der Waals surface area contributed by atoms with E-state index in [9.17, 15) is 13.2 Å². The Labute approximate surface area is 223 Å². The highest BCUT2D eigenvalue weighted by atomic mass is 32.2. The van der Waals surface area contributed by atoms with Crippen molar-refractivity contribution in [2.24, 2.45) is 28.6 Å². The summed E-state index contributed by atoms with van der Waals surface area (Å²) in [6.45, 7) is 10.7. The lowest BCUT2D eigenvalue weighted by Gasteiger charge is -2.36. The normalized spacial score (nSPS) is 28.1. The van der Waals surface area contributed by atoms with Crippen molar-refractivity contribution in [1.82, 2.24) is 9.21 Å². The second kappa shape index (κ2) is 9.85. The first-order chi connectivity index (χ1) is 17.6. The van der Waals surface area contributed by atoms with Crippen molar-refractivity contribution >= 4 is 15.9 Å². The number of rotatable bonds is 10. The fourth-order valence-electron chi connectivity index (χ4n) is 7.61. The highest BCUT2D eigenvalue weighted by molar-refractivity contribution is 7.96. The van der Waals surface area contributed by atoms with E-state index in [0.29, 0.717) is 37.9 Å². The van der Waals surface area contributed by atoms with Crippen LogP contribution in [0.5, 0.6) is 0 Å². The minimum Gasteiger partial charge on any atom is -0.294 e. The van der Waals surface area contributed by atoms with Gasteiger partial charge in [0.15, 0.2) is 5.37 Å². The van der Waals surface area contributed by atoms with E-state index >= 15 is 0 Å². The van der Waals surface area contributed by atoms with Gasteiger partial charge in [-0.1, -0.05) is 88.4 Å². The van der Waals surface area contributed by atoms with E-state index < -0.39 is 15.4 Å². The molecule has 2 aromatic rings. The molecule has 3 aliphatic rings. The first-order valence-electron chi connectivity index (χ1n) is 13.9. The van der Waals surface area contributed by atoms with Crippen LogP contribution < -0.4 is 0 Å². The molecule has 0 radical (unpaired) electrons. The Kier molecular flexibility index (Phi) is 7.03. The van der Waals surface area contributed by atoms with Crippen molar-refractivity contribution in [1.29, 1.82) is 0 Å². The standard InChI is InChI=1S/C31H42N2O3S/c1-23(2)19-26(22-32(20-24-11-7-5-8-12-24)21-25-13-9-6-10-14-25)28(34)33-29(37(33,35)36)31-17-15-27(16-18-31)30(31,3)4/h5-14,23,26-27,29H,15-22H2,1-4H3/t26?,27?,29-,31?,33?/m1/s1. The van der Waals surface area contributed by atoms with Gasteiger partial charge in [-0.3, -0.25) is 9.69 Å². The number of hydrogen-bond acceptors (Lipinski definition) is 4. The monoisotopic (exact) mass is 522 g/mol. The Morgan fingerprint density at radius 2 is 1.46 bits per heavy atom. The Morgan fingerprint density at radius 1 is 0.946 bits per heavy atom. The van der Waals surface area contributed by atoms with E-state index in [1.54, 1.807) is 0 Å². The van der Waals surface area contributed by atoms with Gasteiger partial charge in [0, 0.05) is 25.0 Å². The molecule has 1 unspecified atom stereocenters. The summed E-state index contributed by atoms with van der Waals surface area (Å²) in [6, 6.07) is 20.6. The molecule has 1 aliphatic heterocycles. The van der Waals surface area contributed by atoms with Crippen LogP contribution in [0, 0.1) is 28.6 Å². The zero-order chi connectivity index (χ0) is 26.4. The van der Waals surface area contributed by atoms with Gasteiger partial charge in [0.2, 0.25) is 5.91 Å². The molecule has 2 bridgehead atoms. The molecule has 200 valence electrons. The van der Waals surface area contributed by atoms with Crippen LogP contribution in [0.3, 0.4) is 0 Å². The van der Waals surface area contributed by atoms with E-state index in [1.807, 2.05) is 36.4 Å². The number of amides is 1. The number of fused-ring (bicyclic) bond motifs is 2. The lowest BCUT2D eigenvalue weighted by Crippen LogP contribution is -2.41. The number of benzene rings is 2. The summed E-state index contributed by atoms with van der Waals surface area (Å²) in [4.78, 5) is 16.4. The molecular formula is C31H42N2O3S. The topological polar surface area (TPSA) is 57.5 Å². The third-order valence-corrected chi connectivity index (χ3v) is 11.6. The maximum atomic E-state index is 14.1. The quantitative estimate of drug-likeness (QED) is 0.356. The summed E-state index contributed by atoms with van der Waals surface area (Å²) in [5.74, 6) is 0.317. The number of nitrogens with zero attached hydrogens (tertiary/aromatic N) is 2. The summed E-state index contributed by atoms with van der Waals surface area (Å²) >= 11 is 0. The molecule has 5 nitrogen and oxygen atoms in total. The Bertz CT molecular complexity index is 1160. The van der Waals surface area contributed by atoms with E-state index in [1.165, 1.54) is 15.4 Å². The molecule has 1 saturated heterocycles. The van der Waals surface area contributed by atoms with Gasteiger partial charge in [0.05, 0.1) is 5.92 Å². The molecule has 5 rings (SSSR count). The van der Waals surface area contributed by atoms with Crippen LogP contribution >= 0.6 is 0 Å². The largest absolute Gasteiger partial charge is 0.294 e. The SMILES string of the molecule is CC(C)CC(CN(Cc1ccccc1)Cc1ccccc1)C(=O)N1[C@@H](C23CCC(CC2)C3(C)C)S1(=O)=O. The third kappa shape index (κ3) is 4.76. The van der Waals surface area contributed by atoms with E-state index in [4.69, 9.17) is 0 Å². The van der Waals surface area contributed by atoms with Crippen molar-refractivity contribution < 1.29 is 13.2 Å². The molecule has 3 fully saturated rings. The second-order valence-corrected chi connectivity index (χ2v) is 14.5. The van der Waals surface area contributed by atoms with Crippen molar-refractivity contribution in [2.75, 3.05) is 6.54 Å². The van der Waals surface area contributed by atoms with Crippen LogP contribution in [0.1, 0.15) is 70.9 Å². The van der Waals surface area contributed by atoms with E-state index in [0.717, 1.165) is 25.7 Å². The highest BCUT2D eigenvalue weighted by Crippen LogP contribution is 2.71. The maximum absolute atomic E-state index is 14.1. The average molecular weight is 523 g/mol. The smallest absolute Gasteiger partial charge is 0.261 e. The molecule has 2 aromatic carbocycles. The van der Waals surface area contributed by atoms with E-state index in [2.05, 4.69) is 56.9 Å². The Morgan fingerprint density at radius 3 is 1.89 bits per heavy atom. The molecule has 0 aromatic heterocycles. The number of hydrogen-bond donors (Lipinski definition) is 0. The fourth-order valence-corrected chi connectivity index (χ4v) is 10.0. The van der Waals surface area contributed by atoms with Crippen LogP contribution in [-0.4, -0.2) is 35.4 Å². The Hall–Kier alpha value is -2.18. The van der Waals surface area contributed by atoms with E-state index in [-0.39, 0.29) is 22.7 Å². The minimum atomic E-state index is -3.56. The summed E-state index contributed by atoms with van der Waals surface area (Å²) in [6.07, 6.45) is 4.68.